The molecule has 1 aliphatic heterocycles. The van der Waals surface area contributed by atoms with Gasteiger partial charge in [0.15, 0.2) is 5.96 Å². The molecule has 1 heterocycles. The Bertz CT molecular complexity index is 470. The summed E-state index contributed by atoms with van der Waals surface area (Å²) in [5.41, 5.74) is 6.15. The lowest BCUT2D eigenvalue weighted by atomic mass is 9.85. The molecule has 1 aliphatic carbocycles. The van der Waals surface area contributed by atoms with Gasteiger partial charge in [-0.05, 0) is 31.6 Å². The van der Waals surface area contributed by atoms with E-state index in [0.717, 1.165) is 38.8 Å². The van der Waals surface area contributed by atoms with E-state index in [1.54, 1.807) is 0 Å². The summed E-state index contributed by atoms with van der Waals surface area (Å²) < 4.78 is 25.7. The van der Waals surface area contributed by atoms with Gasteiger partial charge in [-0.2, -0.15) is 0 Å². The standard InChI is InChI=1S/C15H30N4O2S/c1-22(20,21)18-14-9-5-4-8-13(14)12-17-15(16)19-10-6-2-3-7-11-19/h13-14,18H,2-12H2,1H3,(H2,16,17). The predicted molar refractivity (Wildman–Crippen MR) is 90.3 cm³/mol. The fraction of sp³-hybridized carbons (Fsp3) is 0.933. The molecule has 0 bridgehead atoms. The fourth-order valence-corrected chi connectivity index (χ4v) is 4.33. The number of nitrogens with one attached hydrogen (secondary N) is 1. The zero-order valence-electron chi connectivity index (χ0n) is 13.6. The second-order valence-electron chi connectivity index (χ2n) is 6.64. The van der Waals surface area contributed by atoms with Crippen molar-refractivity contribution in [1.82, 2.24) is 9.62 Å². The van der Waals surface area contributed by atoms with Crippen molar-refractivity contribution in [3.05, 3.63) is 0 Å². The van der Waals surface area contributed by atoms with Crippen LogP contribution in [-0.2, 0) is 10.0 Å². The Hall–Kier alpha value is -0.820. The number of hydrogen-bond donors (Lipinski definition) is 2. The molecular weight excluding hydrogens is 300 g/mol. The lowest BCUT2D eigenvalue weighted by Crippen LogP contribution is -2.43. The van der Waals surface area contributed by atoms with Gasteiger partial charge in [-0.15, -0.1) is 0 Å². The molecule has 3 N–H and O–H groups in total. The van der Waals surface area contributed by atoms with Gasteiger partial charge in [-0.3, -0.25) is 4.99 Å². The lowest BCUT2D eigenvalue weighted by Gasteiger charge is -2.31. The lowest BCUT2D eigenvalue weighted by molar-refractivity contribution is 0.295. The molecule has 2 rings (SSSR count). The molecule has 2 atom stereocenters. The molecule has 128 valence electrons. The number of sulfonamides is 1. The van der Waals surface area contributed by atoms with Crippen LogP contribution in [0.3, 0.4) is 0 Å². The summed E-state index contributed by atoms with van der Waals surface area (Å²) in [6.07, 6.45) is 10.3. The Morgan fingerprint density at radius 2 is 1.77 bits per heavy atom. The molecule has 6 nitrogen and oxygen atoms in total. The molecule has 1 saturated carbocycles. The summed E-state index contributed by atoms with van der Waals surface area (Å²) in [5, 5.41) is 0. The normalized spacial score (nSPS) is 28.4. The third-order valence-corrected chi connectivity index (χ3v) is 5.42. The Kier molecular flexibility index (Phi) is 6.50. The van der Waals surface area contributed by atoms with Crippen LogP contribution in [-0.4, -0.2) is 51.2 Å². The third kappa shape index (κ3) is 5.76. The van der Waals surface area contributed by atoms with Crippen LogP contribution in [0.15, 0.2) is 4.99 Å². The average molecular weight is 330 g/mol. The van der Waals surface area contributed by atoms with Crippen LogP contribution in [0, 0.1) is 5.92 Å². The van der Waals surface area contributed by atoms with Crippen molar-refractivity contribution in [2.24, 2.45) is 16.6 Å². The molecule has 0 radical (unpaired) electrons. The zero-order valence-corrected chi connectivity index (χ0v) is 14.4. The first-order valence-corrected chi connectivity index (χ1v) is 10.4. The average Bonchev–Trinajstić information content (AvgIpc) is 2.73. The molecule has 2 aliphatic rings. The molecule has 2 unspecified atom stereocenters. The van der Waals surface area contributed by atoms with Crippen LogP contribution < -0.4 is 10.5 Å². The number of hydrogen-bond acceptors (Lipinski definition) is 3. The number of nitrogens with zero attached hydrogens (tertiary/aromatic N) is 2. The summed E-state index contributed by atoms with van der Waals surface area (Å²) in [5.74, 6) is 0.889. The molecule has 0 aromatic rings. The van der Waals surface area contributed by atoms with Crippen molar-refractivity contribution in [2.45, 2.75) is 57.4 Å². The molecule has 22 heavy (non-hydrogen) atoms. The first kappa shape index (κ1) is 17.5. The predicted octanol–water partition coefficient (Wildman–Crippen LogP) is 1.29. The number of nitrogens with two attached hydrogens (primary N) is 1. The van der Waals surface area contributed by atoms with Crippen LogP contribution in [0.5, 0.6) is 0 Å². The Balaban J connectivity index is 1.92. The highest BCUT2D eigenvalue weighted by molar-refractivity contribution is 7.88. The van der Waals surface area contributed by atoms with Crippen molar-refractivity contribution in [1.29, 1.82) is 0 Å². The second kappa shape index (κ2) is 8.15. The smallest absolute Gasteiger partial charge is 0.208 e. The van der Waals surface area contributed by atoms with E-state index >= 15 is 0 Å². The number of rotatable bonds is 4. The number of likely N-dealkylation sites (tertiary alicyclic amines) is 1. The first-order chi connectivity index (χ1) is 10.5. The maximum atomic E-state index is 11.5. The van der Waals surface area contributed by atoms with E-state index < -0.39 is 10.0 Å². The molecule has 0 aromatic carbocycles. The zero-order chi connectivity index (χ0) is 16.0. The summed E-state index contributed by atoms with van der Waals surface area (Å²) in [7, 11) is -3.16. The van der Waals surface area contributed by atoms with E-state index in [1.807, 2.05) is 0 Å². The highest BCUT2D eigenvalue weighted by atomic mass is 32.2. The van der Waals surface area contributed by atoms with E-state index in [2.05, 4.69) is 14.6 Å². The van der Waals surface area contributed by atoms with Gasteiger partial charge in [-0.25, -0.2) is 13.1 Å². The molecule has 0 spiro atoms. The first-order valence-electron chi connectivity index (χ1n) is 8.48. The van der Waals surface area contributed by atoms with Gasteiger partial charge in [0, 0.05) is 25.7 Å². The van der Waals surface area contributed by atoms with Crippen molar-refractivity contribution in [3.8, 4) is 0 Å². The maximum absolute atomic E-state index is 11.5. The second-order valence-corrected chi connectivity index (χ2v) is 8.42. The molecule has 0 aromatic heterocycles. The highest BCUT2D eigenvalue weighted by Crippen LogP contribution is 2.25. The topological polar surface area (TPSA) is 87.8 Å². The number of aliphatic imine (C=N–C) groups is 1. The van der Waals surface area contributed by atoms with Gasteiger partial charge in [0.25, 0.3) is 0 Å². The summed E-state index contributed by atoms with van der Waals surface area (Å²) in [6, 6.07) is 0.00411. The minimum absolute atomic E-state index is 0.00411. The van der Waals surface area contributed by atoms with Gasteiger partial charge in [0.05, 0.1) is 6.26 Å². The van der Waals surface area contributed by atoms with Crippen LogP contribution >= 0.6 is 0 Å². The summed E-state index contributed by atoms with van der Waals surface area (Å²) >= 11 is 0. The molecular formula is C15H30N4O2S. The molecule has 2 fully saturated rings. The molecule has 1 saturated heterocycles. The minimum atomic E-state index is -3.16. The van der Waals surface area contributed by atoms with E-state index in [-0.39, 0.29) is 12.0 Å². The van der Waals surface area contributed by atoms with Gasteiger partial charge in [0.1, 0.15) is 0 Å². The SMILES string of the molecule is CS(=O)(=O)NC1CCCCC1CN=C(N)N1CCCCCC1. The molecule has 0 amide bonds. The van der Waals surface area contributed by atoms with E-state index in [1.165, 1.54) is 31.9 Å². The maximum Gasteiger partial charge on any atom is 0.208 e. The van der Waals surface area contributed by atoms with E-state index in [0.29, 0.717) is 12.5 Å². The van der Waals surface area contributed by atoms with Gasteiger partial charge < -0.3 is 10.6 Å². The van der Waals surface area contributed by atoms with E-state index in [9.17, 15) is 8.42 Å². The monoisotopic (exact) mass is 330 g/mol. The molecule has 7 heteroatoms. The van der Waals surface area contributed by atoms with Crippen molar-refractivity contribution < 1.29 is 8.42 Å². The summed E-state index contributed by atoms with van der Waals surface area (Å²) in [4.78, 5) is 6.75. The van der Waals surface area contributed by atoms with Crippen molar-refractivity contribution in [2.75, 3.05) is 25.9 Å². The van der Waals surface area contributed by atoms with E-state index in [4.69, 9.17) is 5.73 Å². The quantitative estimate of drug-likeness (QED) is 0.600. The van der Waals surface area contributed by atoms with Crippen molar-refractivity contribution >= 4 is 16.0 Å². The fourth-order valence-electron chi connectivity index (χ4n) is 3.47. The van der Waals surface area contributed by atoms with Crippen LogP contribution in [0.1, 0.15) is 51.4 Å². The van der Waals surface area contributed by atoms with Gasteiger partial charge in [0.2, 0.25) is 10.0 Å². The van der Waals surface area contributed by atoms with Crippen LogP contribution in [0.25, 0.3) is 0 Å². The Labute approximate surface area is 134 Å². The van der Waals surface area contributed by atoms with Gasteiger partial charge in [-0.1, -0.05) is 25.7 Å². The largest absolute Gasteiger partial charge is 0.370 e. The van der Waals surface area contributed by atoms with Crippen LogP contribution in [0.4, 0.5) is 0 Å². The van der Waals surface area contributed by atoms with Crippen molar-refractivity contribution in [3.63, 3.8) is 0 Å². The van der Waals surface area contributed by atoms with Gasteiger partial charge >= 0.3 is 0 Å². The van der Waals surface area contributed by atoms with Crippen LogP contribution in [0.2, 0.25) is 0 Å². The Morgan fingerprint density at radius 1 is 1.14 bits per heavy atom. The Morgan fingerprint density at radius 3 is 2.41 bits per heavy atom. The number of guanidine groups is 1. The summed E-state index contributed by atoms with van der Waals surface area (Å²) in [6.45, 7) is 2.60. The highest BCUT2D eigenvalue weighted by Gasteiger charge is 2.27. The third-order valence-electron chi connectivity index (χ3n) is 4.69. The minimum Gasteiger partial charge on any atom is -0.370 e.